The zero-order valence-electron chi connectivity index (χ0n) is 7.53. The second kappa shape index (κ2) is 4.20. The van der Waals surface area contributed by atoms with E-state index in [1.807, 2.05) is 0 Å². The van der Waals surface area contributed by atoms with Crippen molar-refractivity contribution in [2.75, 3.05) is 0 Å². The molecule has 0 radical (unpaired) electrons. The molecule has 0 saturated heterocycles. The fourth-order valence-corrected chi connectivity index (χ4v) is 1.23. The highest BCUT2D eigenvalue weighted by Gasteiger charge is 2.02. The average molecular weight is 228 g/mol. The van der Waals surface area contributed by atoms with Crippen molar-refractivity contribution >= 4 is 21.8 Å². The molecule has 0 aliphatic heterocycles. The van der Waals surface area contributed by atoms with E-state index in [4.69, 9.17) is 5.14 Å². The molecular weight excluding hydrogens is 220 g/mol. The van der Waals surface area contributed by atoms with Gasteiger partial charge in [-0.2, -0.15) is 0 Å². The van der Waals surface area contributed by atoms with Gasteiger partial charge in [-0.3, -0.25) is 10.1 Å². The predicted octanol–water partition coefficient (Wildman–Crippen LogP) is 0.854. The standard InChI is InChI=1S/C8H8N2O4S/c9-15(13,14)6-5-7-1-3-8(4-2-7)10(11)12/h1-6H,(H2,9,13,14)/b6-5+. The number of hydrogen-bond acceptors (Lipinski definition) is 4. The van der Waals surface area contributed by atoms with E-state index < -0.39 is 14.9 Å². The van der Waals surface area contributed by atoms with E-state index in [1.54, 1.807) is 0 Å². The SMILES string of the molecule is NS(=O)(=O)/C=C/c1ccc([N+](=O)[O-])cc1. The molecule has 1 aromatic rings. The summed E-state index contributed by atoms with van der Waals surface area (Å²) in [6.45, 7) is 0. The maximum absolute atomic E-state index is 10.6. The molecule has 6 nitrogen and oxygen atoms in total. The highest BCUT2D eigenvalue weighted by molar-refractivity contribution is 7.92. The number of hydrogen-bond donors (Lipinski definition) is 1. The van der Waals surface area contributed by atoms with Gasteiger partial charge in [0.05, 0.1) is 4.92 Å². The third-order valence-corrected chi connectivity index (χ3v) is 2.07. The largest absolute Gasteiger partial charge is 0.269 e. The zero-order chi connectivity index (χ0) is 11.5. The lowest BCUT2D eigenvalue weighted by Crippen LogP contribution is -2.06. The van der Waals surface area contributed by atoms with Crippen LogP contribution in [-0.2, 0) is 10.0 Å². The molecule has 0 saturated carbocycles. The van der Waals surface area contributed by atoms with Crippen LogP contribution in [0.15, 0.2) is 29.7 Å². The van der Waals surface area contributed by atoms with Gasteiger partial charge in [0.15, 0.2) is 0 Å². The van der Waals surface area contributed by atoms with Crippen molar-refractivity contribution < 1.29 is 13.3 Å². The van der Waals surface area contributed by atoms with Gasteiger partial charge >= 0.3 is 0 Å². The lowest BCUT2D eigenvalue weighted by Gasteiger charge is -1.93. The topological polar surface area (TPSA) is 103 Å². The number of primary sulfonamides is 1. The Labute approximate surface area is 86.2 Å². The minimum absolute atomic E-state index is 0.0530. The number of sulfonamides is 1. The van der Waals surface area contributed by atoms with Gasteiger partial charge in [0, 0.05) is 17.5 Å². The molecule has 0 atom stereocenters. The molecule has 0 unspecified atom stereocenters. The van der Waals surface area contributed by atoms with Gasteiger partial charge in [-0.25, -0.2) is 13.6 Å². The number of nitrogens with two attached hydrogens (primary N) is 1. The molecule has 15 heavy (non-hydrogen) atoms. The molecule has 1 rings (SSSR count). The lowest BCUT2D eigenvalue weighted by atomic mass is 10.2. The van der Waals surface area contributed by atoms with E-state index in [2.05, 4.69) is 0 Å². The molecule has 0 aliphatic rings. The van der Waals surface area contributed by atoms with Gasteiger partial charge in [0.1, 0.15) is 0 Å². The molecule has 0 bridgehead atoms. The maximum Gasteiger partial charge on any atom is 0.269 e. The van der Waals surface area contributed by atoms with Crippen molar-refractivity contribution in [1.29, 1.82) is 0 Å². The summed E-state index contributed by atoms with van der Waals surface area (Å²) < 4.78 is 21.1. The molecule has 0 aromatic heterocycles. The smallest absolute Gasteiger partial charge is 0.258 e. The van der Waals surface area contributed by atoms with Crippen LogP contribution in [0.3, 0.4) is 0 Å². The van der Waals surface area contributed by atoms with Crippen molar-refractivity contribution in [2.45, 2.75) is 0 Å². The summed E-state index contributed by atoms with van der Waals surface area (Å²) in [7, 11) is -3.66. The normalized spacial score (nSPS) is 11.8. The minimum Gasteiger partial charge on any atom is -0.258 e. The minimum atomic E-state index is -3.66. The molecule has 80 valence electrons. The number of rotatable bonds is 3. The first-order valence-electron chi connectivity index (χ1n) is 3.84. The fourth-order valence-electron chi connectivity index (χ4n) is 0.881. The van der Waals surface area contributed by atoms with Crippen LogP contribution in [0.5, 0.6) is 0 Å². The van der Waals surface area contributed by atoms with E-state index in [9.17, 15) is 18.5 Å². The van der Waals surface area contributed by atoms with Crippen LogP contribution in [0.2, 0.25) is 0 Å². The van der Waals surface area contributed by atoms with E-state index in [0.717, 1.165) is 5.41 Å². The van der Waals surface area contributed by atoms with Crippen LogP contribution in [0.1, 0.15) is 5.56 Å². The van der Waals surface area contributed by atoms with Crippen molar-refractivity contribution in [3.05, 3.63) is 45.4 Å². The summed E-state index contributed by atoms with van der Waals surface area (Å²) in [6.07, 6.45) is 1.26. The van der Waals surface area contributed by atoms with Gasteiger partial charge < -0.3 is 0 Å². The molecule has 0 aliphatic carbocycles. The maximum atomic E-state index is 10.6. The summed E-state index contributed by atoms with van der Waals surface area (Å²) in [4.78, 5) is 9.77. The van der Waals surface area contributed by atoms with Gasteiger partial charge in [-0.05, 0) is 23.8 Å². The van der Waals surface area contributed by atoms with Crippen LogP contribution < -0.4 is 5.14 Å². The van der Waals surface area contributed by atoms with Crippen LogP contribution >= 0.6 is 0 Å². The van der Waals surface area contributed by atoms with Crippen LogP contribution in [-0.4, -0.2) is 13.3 Å². The van der Waals surface area contributed by atoms with Gasteiger partial charge in [0.2, 0.25) is 10.0 Å². The monoisotopic (exact) mass is 228 g/mol. The van der Waals surface area contributed by atoms with Crippen molar-refractivity contribution in [3.8, 4) is 0 Å². The molecule has 0 fully saturated rings. The molecule has 0 heterocycles. The highest BCUT2D eigenvalue weighted by atomic mass is 32.2. The fraction of sp³-hybridized carbons (Fsp3) is 0. The van der Waals surface area contributed by atoms with Crippen LogP contribution in [0, 0.1) is 10.1 Å². The zero-order valence-corrected chi connectivity index (χ0v) is 8.35. The Hall–Kier alpha value is -1.73. The molecular formula is C8H8N2O4S. The Bertz CT molecular complexity index is 490. The first kappa shape index (κ1) is 11.3. The van der Waals surface area contributed by atoms with Gasteiger partial charge in [0.25, 0.3) is 5.69 Å². The number of nitrogens with zero attached hydrogens (tertiary/aromatic N) is 1. The van der Waals surface area contributed by atoms with E-state index >= 15 is 0 Å². The molecule has 1 aromatic carbocycles. The Kier molecular flexibility index (Phi) is 3.17. The number of non-ortho nitro benzene ring substituents is 1. The lowest BCUT2D eigenvalue weighted by molar-refractivity contribution is -0.384. The summed E-state index contributed by atoms with van der Waals surface area (Å²) >= 11 is 0. The average Bonchev–Trinajstić information content (AvgIpc) is 2.14. The van der Waals surface area contributed by atoms with Crippen molar-refractivity contribution in [2.24, 2.45) is 5.14 Å². The first-order chi connectivity index (χ1) is 6.88. The molecule has 0 amide bonds. The van der Waals surface area contributed by atoms with Gasteiger partial charge in [-0.15, -0.1) is 0 Å². The highest BCUT2D eigenvalue weighted by Crippen LogP contribution is 2.12. The molecule has 0 spiro atoms. The van der Waals surface area contributed by atoms with Crippen LogP contribution in [0.4, 0.5) is 5.69 Å². The Morgan fingerprint density at radius 1 is 1.27 bits per heavy atom. The van der Waals surface area contributed by atoms with E-state index in [0.29, 0.717) is 5.56 Å². The first-order valence-corrected chi connectivity index (χ1v) is 5.45. The van der Waals surface area contributed by atoms with Crippen molar-refractivity contribution in [1.82, 2.24) is 0 Å². The third-order valence-electron chi connectivity index (χ3n) is 1.55. The van der Waals surface area contributed by atoms with E-state index in [1.165, 1.54) is 30.3 Å². The van der Waals surface area contributed by atoms with Gasteiger partial charge in [-0.1, -0.05) is 0 Å². The number of benzene rings is 1. The number of nitro groups is 1. The summed E-state index contributed by atoms with van der Waals surface area (Å²) in [6, 6.07) is 5.42. The molecule has 2 N–H and O–H groups in total. The predicted molar refractivity (Wildman–Crippen MR) is 55.2 cm³/mol. The Morgan fingerprint density at radius 2 is 1.80 bits per heavy atom. The Balaban J connectivity index is 2.91. The van der Waals surface area contributed by atoms with Crippen molar-refractivity contribution in [3.63, 3.8) is 0 Å². The number of nitro benzene ring substituents is 1. The summed E-state index contributed by atoms with van der Waals surface area (Å²) in [5.74, 6) is 0. The second-order valence-corrected chi connectivity index (χ2v) is 4.19. The molecule has 7 heteroatoms. The third kappa shape index (κ3) is 3.88. The summed E-state index contributed by atoms with van der Waals surface area (Å²) in [5, 5.41) is 15.9. The Morgan fingerprint density at radius 3 is 2.20 bits per heavy atom. The van der Waals surface area contributed by atoms with E-state index in [-0.39, 0.29) is 5.69 Å². The quantitative estimate of drug-likeness (QED) is 0.611. The summed E-state index contributed by atoms with van der Waals surface area (Å²) in [5.41, 5.74) is 0.470. The van der Waals surface area contributed by atoms with Crippen LogP contribution in [0.25, 0.3) is 6.08 Å². The second-order valence-electron chi connectivity index (χ2n) is 2.74.